The third-order valence-corrected chi connectivity index (χ3v) is 2.30. The monoisotopic (exact) mass is 188 g/mol. The maximum Gasteiger partial charge on any atom is 0.0781 e. The molecule has 0 N–H and O–H groups in total. The second-order valence-electron chi connectivity index (χ2n) is 2.47. The van der Waals surface area contributed by atoms with Crippen LogP contribution in [0.3, 0.4) is 0 Å². The van der Waals surface area contributed by atoms with Crippen LogP contribution in [0, 0.1) is 23.7 Å². The van der Waals surface area contributed by atoms with Gasteiger partial charge in [-0.3, -0.25) is 0 Å². The molecule has 0 aromatic carbocycles. The van der Waals surface area contributed by atoms with Gasteiger partial charge in [0.05, 0.1) is 9.75 Å². The first-order valence-corrected chi connectivity index (χ1v) is 5.26. The molecule has 13 heavy (non-hydrogen) atoms. The molecule has 0 spiro atoms. The molecular formula is C12H12S. The predicted octanol–water partition coefficient (Wildman–Crippen LogP) is 3.27. The maximum absolute atomic E-state index is 3.09. The van der Waals surface area contributed by atoms with Gasteiger partial charge in [-0.05, 0) is 12.1 Å². The third-order valence-electron chi connectivity index (χ3n) is 1.38. The smallest absolute Gasteiger partial charge is 0.0781 e. The van der Waals surface area contributed by atoms with Crippen molar-refractivity contribution >= 4 is 11.3 Å². The minimum absolute atomic E-state index is 0.911. The average molecular weight is 188 g/mol. The first-order chi connectivity index (χ1) is 6.36. The molecule has 0 nitrogen and oxygen atoms in total. The molecule has 1 heterocycles. The van der Waals surface area contributed by atoms with Crippen LogP contribution in [0.25, 0.3) is 0 Å². The molecule has 0 radical (unpaired) electrons. The van der Waals surface area contributed by atoms with E-state index in [1.165, 1.54) is 0 Å². The van der Waals surface area contributed by atoms with E-state index in [1.807, 2.05) is 12.1 Å². The summed E-state index contributed by atoms with van der Waals surface area (Å²) in [5.41, 5.74) is 0. The molecule has 0 amide bonds. The summed E-state index contributed by atoms with van der Waals surface area (Å²) in [5.74, 6) is 12.3. The molecule has 0 fully saturated rings. The van der Waals surface area contributed by atoms with Crippen molar-refractivity contribution in [3.8, 4) is 23.7 Å². The Labute approximate surface area is 84.0 Å². The second-order valence-corrected chi connectivity index (χ2v) is 3.56. The van der Waals surface area contributed by atoms with E-state index in [-0.39, 0.29) is 0 Å². The van der Waals surface area contributed by atoms with E-state index in [1.54, 1.807) is 11.3 Å². The van der Waals surface area contributed by atoms with Crippen LogP contribution >= 0.6 is 11.3 Å². The highest BCUT2D eigenvalue weighted by Gasteiger charge is 1.92. The zero-order valence-corrected chi connectivity index (χ0v) is 8.79. The van der Waals surface area contributed by atoms with Crippen LogP contribution in [0.4, 0.5) is 0 Å². The first kappa shape index (κ1) is 9.90. The van der Waals surface area contributed by atoms with Crippen molar-refractivity contribution in [2.75, 3.05) is 0 Å². The van der Waals surface area contributed by atoms with Crippen LogP contribution in [0.1, 0.15) is 36.4 Å². The lowest BCUT2D eigenvalue weighted by Gasteiger charge is -1.76. The van der Waals surface area contributed by atoms with Crippen molar-refractivity contribution in [3.63, 3.8) is 0 Å². The standard InChI is InChI=1S/C12H12S/c1-3-5-7-11-9-10-12(13-11)8-6-4-2/h9-10H,3-4H2,1-2H3. The van der Waals surface area contributed by atoms with Crippen molar-refractivity contribution in [2.24, 2.45) is 0 Å². The summed E-state index contributed by atoms with van der Waals surface area (Å²) in [6.07, 6.45) is 1.82. The minimum atomic E-state index is 0.911. The quantitative estimate of drug-likeness (QED) is 0.548. The van der Waals surface area contributed by atoms with E-state index >= 15 is 0 Å². The summed E-state index contributed by atoms with van der Waals surface area (Å²) >= 11 is 1.67. The molecule has 1 heteroatoms. The normalized spacial score (nSPS) is 8.15. The van der Waals surface area contributed by atoms with Gasteiger partial charge >= 0.3 is 0 Å². The Balaban J connectivity index is 2.75. The second kappa shape index (κ2) is 5.46. The van der Waals surface area contributed by atoms with Crippen molar-refractivity contribution in [1.82, 2.24) is 0 Å². The fraction of sp³-hybridized carbons (Fsp3) is 0.333. The van der Waals surface area contributed by atoms with Gasteiger partial charge in [0, 0.05) is 12.8 Å². The first-order valence-electron chi connectivity index (χ1n) is 4.44. The Bertz CT molecular complexity index is 340. The lowest BCUT2D eigenvalue weighted by atomic mass is 10.4. The molecule has 0 bridgehead atoms. The van der Waals surface area contributed by atoms with Crippen molar-refractivity contribution in [2.45, 2.75) is 26.7 Å². The number of thiophene rings is 1. The molecule has 0 unspecified atom stereocenters. The van der Waals surface area contributed by atoms with Gasteiger partial charge in [0.2, 0.25) is 0 Å². The van der Waals surface area contributed by atoms with Gasteiger partial charge in [0.1, 0.15) is 0 Å². The molecule has 0 atom stereocenters. The van der Waals surface area contributed by atoms with Gasteiger partial charge in [-0.15, -0.1) is 11.3 Å². The molecular weight excluding hydrogens is 176 g/mol. The summed E-state index contributed by atoms with van der Waals surface area (Å²) in [5, 5.41) is 0. The van der Waals surface area contributed by atoms with E-state index in [0.29, 0.717) is 0 Å². The highest BCUT2D eigenvalue weighted by Crippen LogP contribution is 2.13. The molecule has 0 saturated heterocycles. The highest BCUT2D eigenvalue weighted by molar-refractivity contribution is 7.13. The van der Waals surface area contributed by atoms with Crippen LogP contribution in [-0.2, 0) is 0 Å². The van der Waals surface area contributed by atoms with E-state index in [4.69, 9.17) is 0 Å². The highest BCUT2D eigenvalue weighted by atomic mass is 32.1. The predicted molar refractivity (Wildman–Crippen MR) is 58.7 cm³/mol. The Morgan fingerprint density at radius 1 is 1.00 bits per heavy atom. The SMILES string of the molecule is CCC#Cc1ccc(C#CCC)s1. The minimum Gasteiger partial charge on any atom is -0.118 e. The van der Waals surface area contributed by atoms with Crippen LogP contribution in [0.5, 0.6) is 0 Å². The zero-order chi connectivity index (χ0) is 9.52. The lowest BCUT2D eigenvalue weighted by Crippen LogP contribution is -1.59. The van der Waals surface area contributed by atoms with Crippen molar-refractivity contribution < 1.29 is 0 Å². The topological polar surface area (TPSA) is 0 Å². The molecule has 0 saturated carbocycles. The van der Waals surface area contributed by atoms with Crippen LogP contribution < -0.4 is 0 Å². The molecule has 1 aromatic heterocycles. The molecule has 0 aliphatic carbocycles. The average Bonchev–Trinajstić information content (AvgIpc) is 2.59. The summed E-state index contributed by atoms with van der Waals surface area (Å²) in [6.45, 7) is 4.11. The Morgan fingerprint density at radius 2 is 1.46 bits per heavy atom. The van der Waals surface area contributed by atoms with E-state index in [0.717, 1.165) is 22.6 Å². The maximum atomic E-state index is 3.09. The molecule has 0 aliphatic rings. The molecule has 1 aromatic rings. The molecule has 0 aliphatic heterocycles. The van der Waals surface area contributed by atoms with Gasteiger partial charge in [0.15, 0.2) is 0 Å². The van der Waals surface area contributed by atoms with E-state index < -0.39 is 0 Å². The fourth-order valence-corrected chi connectivity index (χ4v) is 1.58. The largest absolute Gasteiger partial charge is 0.118 e. The van der Waals surface area contributed by atoms with Gasteiger partial charge in [-0.2, -0.15) is 0 Å². The van der Waals surface area contributed by atoms with E-state index in [9.17, 15) is 0 Å². The molecule has 66 valence electrons. The van der Waals surface area contributed by atoms with Crippen molar-refractivity contribution in [3.05, 3.63) is 21.9 Å². The van der Waals surface area contributed by atoms with Crippen LogP contribution in [0.15, 0.2) is 12.1 Å². The lowest BCUT2D eigenvalue weighted by molar-refractivity contribution is 1.28. The number of rotatable bonds is 0. The van der Waals surface area contributed by atoms with Gasteiger partial charge in [0.25, 0.3) is 0 Å². The van der Waals surface area contributed by atoms with Gasteiger partial charge in [-0.1, -0.05) is 37.5 Å². The summed E-state index contributed by atoms with van der Waals surface area (Å²) < 4.78 is 0. The zero-order valence-electron chi connectivity index (χ0n) is 7.98. The van der Waals surface area contributed by atoms with Gasteiger partial charge in [-0.25, -0.2) is 0 Å². The Morgan fingerprint density at radius 3 is 1.85 bits per heavy atom. The van der Waals surface area contributed by atoms with Crippen LogP contribution in [0.2, 0.25) is 0 Å². The van der Waals surface area contributed by atoms with Crippen LogP contribution in [-0.4, -0.2) is 0 Å². The third kappa shape index (κ3) is 3.36. The number of hydrogen-bond acceptors (Lipinski definition) is 1. The molecule has 1 rings (SSSR count). The van der Waals surface area contributed by atoms with Gasteiger partial charge < -0.3 is 0 Å². The van der Waals surface area contributed by atoms with Crippen molar-refractivity contribution in [1.29, 1.82) is 0 Å². The Hall–Kier alpha value is -1.18. The van der Waals surface area contributed by atoms with E-state index in [2.05, 4.69) is 37.5 Å². The Kier molecular flexibility index (Phi) is 4.16. The fourth-order valence-electron chi connectivity index (χ4n) is 0.823. The summed E-state index contributed by atoms with van der Waals surface area (Å²) in [4.78, 5) is 2.23. The summed E-state index contributed by atoms with van der Waals surface area (Å²) in [6, 6.07) is 4.07. The number of hydrogen-bond donors (Lipinski definition) is 0. The summed E-state index contributed by atoms with van der Waals surface area (Å²) in [7, 11) is 0.